The lowest BCUT2D eigenvalue weighted by Gasteiger charge is -2.35. The molecule has 1 rings (SSSR count). The van der Waals surface area contributed by atoms with Crippen LogP contribution < -0.4 is 5.73 Å². The molecule has 2 N–H and O–H groups in total. The van der Waals surface area contributed by atoms with E-state index in [-0.39, 0.29) is 0 Å². The number of hydrogen-bond donors (Lipinski definition) is 1. The van der Waals surface area contributed by atoms with Crippen LogP contribution in [0.1, 0.15) is 58.3 Å². The molecule has 90 valence electrons. The van der Waals surface area contributed by atoms with E-state index in [1.54, 1.807) is 0 Å². The molecule has 0 spiro atoms. The molecule has 0 aliphatic carbocycles. The molecule has 0 aromatic rings. The molecule has 1 aliphatic rings. The highest BCUT2D eigenvalue weighted by Crippen LogP contribution is 2.19. The highest BCUT2D eigenvalue weighted by Gasteiger charge is 2.19. The Morgan fingerprint density at radius 2 is 1.93 bits per heavy atom. The van der Waals surface area contributed by atoms with Crippen molar-refractivity contribution in [1.82, 2.24) is 4.90 Å². The molecule has 0 bridgehead atoms. The minimum Gasteiger partial charge on any atom is -0.330 e. The molecular weight excluding hydrogens is 184 g/mol. The molecule has 1 fully saturated rings. The van der Waals surface area contributed by atoms with Crippen molar-refractivity contribution >= 4 is 0 Å². The average Bonchev–Trinajstić information content (AvgIpc) is 2.29. The Kier molecular flexibility index (Phi) is 7.03. The molecule has 2 heteroatoms. The third-order valence-electron chi connectivity index (χ3n) is 3.62. The summed E-state index contributed by atoms with van der Waals surface area (Å²) in [5, 5.41) is 0. The summed E-state index contributed by atoms with van der Waals surface area (Å²) >= 11 is 0. The fourth-order valence-electron chi connectivity index (χ4n) is 2.63. The van der Waals surface area contributed by atoms with Crippen LogP contribution in [0.3, 0.4) is 0 Å². The molecule has 0 aromatic heterocycles. The van der Waals surface area contributed by atoms with E-state index in [1.807, 2.05) is 0 Å². The number of hydrogen-bond acceptors (Lipinski definition) is 2. The Labute approximate surface area is 95.2 Å². The standard InChI is InChI=1S/C13H28N2/c1-2-13-9-5-8-12-15(13)11-7-4-3-6-10-14/h13H,2-12,14H2,1H3/t13-/m0/s1. The van der Waals surface area contributed by atoms with Crippen molar-refractivity contribution in [2.75, 3.05) is 19.6 Å². The topological polar surface area (TPSA) is 29.3 Å². The van der Waals surface area contributed by atoms with Crippen molar-refractivity contribution in [1.29, 1.82) is 0 Å². The first-order valence-corrected chi connectivity index (χ1v) is 6.82. The summed E-state index contributed by atoms with van der Waals surface area (Å²) in [4.78, 5) is 2.71. The number of piperidine rings is 1. The maximum atomic E-state index is 5.49. The largest absolute Gasteiger partial charge is 0.330 e. The first-order valence-electron chi connectivity index (χ1n) is 6.82. The summed E-state index contributed by atoms with van der Waals surface area (Å²) in [5.41, 5.74) is 5.49. The van der Waals surface area contributed by atoms with Crippen LogP contribution in [0.5, 0.6) is 0 Å². The van der Waals surface area contributed by atoms with Gasteiger partial charge in [-0.25, -0.2) is 0 Å². The van der Waals surface area contributed by atoms with Crippen LogP contribution in [-0.2, 0) is 0 Å². The third kappa shape index (κ3) is 4.98. The van der Waals surface area contributed by atoms with Crippen LogP contribution in [0.15, 0.2) is 0 Å². The van der Waals surface area contributed by atoms with Crippen molar-refractivity contribution in [3.8, 4) is 0 Å². The van der Waals surface area contributed by atoms with E-state index >= 15 is 0 Å². The summed E-state index contributed by atoms with van der Waals surface area (Å²) in [6.07, 6.45) is 10.9. The van der Waals surface area contributed by atoms with E-state index in [1.165, 1.54) is 64.5 Å². The predicted molar refractivity (Wildman–Crippen MR) is 67.0 cm³/mol. The van der Waals surface area contributed by atoms with Gasteiger partial charge in [0.15, 0.2) is 0 Å². The Morgan fingerprint density at radius 1 is 1.13 bits per heavy atom. The molecule has 0 unspecified atom stereocenters. The zero-order chi connectivity index (χ0) is 10.9. The first kappa shape index (κ1) is 13.0. The molecule has 1 saturated heterocycles. The highest BCUT2D eigenvalue weighted by molar-refractivity contribution is 4.75. The van der Waals surface area contributed by atoms with Gasteiger partial charge in [-0.3, -0.25) is 0 Å². The molecule has 1 atom stereocenters. The Bertz CT molecular complexity index is 147. The lowest BCUT2D eigenvalue weighted by Crippen LogP contribution is -2.39. The van der Waals surface area contributed by atoms with Crippen molar-refractivity contribution in [2.45, 2.75) is 64.3 Å². The number of likely N-dealkylation sites (tertiary alicyclic amines) is 1. The van der Waals surface area contributed by atoms with Gasteiger partial charge in [0.1, 0.15) is 0 Å². The molecular formula is C13H28N2. The van der Waals surface area contributed by atoms with Gasteiger partial charge in [-0.2, -0.15) is 0 Å². The molecule has 1 aliphatic heterocycles. The fourth-order valence-corrected chi connectivity index (χ4v) is 2.63. The van der Waals surface area contributed by atoms with E-state index in [0.717, 1.165) is 12.6 Å². The molecule has 0 radical (unpaired) electrons. The second-order valence-electron chi connectivity index (χ2n) is 4.80. The summed E-state index contributed by atoms with van der Waals surface area (Å²) in [5.74, 6) is 0. The van der Waals surface area contributed by atoms with E-state index in [0.29, 0.717) is 0 Å². The van der Waals surface area contributed by atoms with Crippen LogP contribution in [0.25, 0.3) is 0 Å². The molecule has 1 heterocycles. The van der Waals surface area contributed by atoms with Gasteiger partial charge >= 0.3 is 0 Å². The Morgan fingerprint density at radius 3 is 2.67 bits per heavy atom. The minimum atomic E-state index is 0.862. The number of rotatable bonds is 7. The maximum absolute atomic E-state index is 5.49. The van der Waals surface area contributed by atoms with Gasteiger partial charge in [-0.15, -0.1) is 0 Å². The van der Waals surface area contributed by atoms with Crippen LogP contribution >= 0.6 is 0 Å². The smallest absolute Gasteiger partial charge is 0.00926 e. The Balaban J connectivity index is 2.07. The van der Waals surface area contributed by atoms with Gasteiger partial charge in [0.25, 0.3) is 0 Å². The minimum absolute atomic E-state index is 0.862. The second kappa shape index (κ2) is 8.12. The normalized spacial score (nSPS) is 23.2. The van der Waals surface area contributed by atoms with Crippen LogP contribution in [0, 0.1) is 0 Å². The lowest BCUT2D eigenvalue weighted by molar-refractivity contribution is 0.141. The third-order valence-corrected chi connectivity index (χ3v) is 3.62. The van der Waals surface area contributed by atoms with Crippen molar-refractivity contribution in [3.05, 3.63) is 0 Å². The van der Waals surface area contributed by atoms with Gasteiger partial charge in [0.2, 0.25) is 0 Å². The molecule has 2 nitrogen and oxygen atoms in total. The fraction of sp³-hybridized carbons (Fsp3) is 1.00. The van der Waals surface area contributed by atoms with Crippen molar-refractivity contribution < 1.29 is 0 Å². The number of nitrogens with zero attached hydrogens (tertiary/aromatic N) is 1. The average molecular weight is 212 g/mol. The zero-order valence-electron chi connectivity index (χ0n) is 10.4. The summed E-state index contributed by atoms with van der Waals surface area (Å²) in [6.45, 7) is 5.86. The number of unbranched alkanes of at least 4 members (excludes halogenated alkanes) is 3. The van der Waals surface area contributed by atoms with Gasteiger partial charge in [0.05, 0.1) is 0 Å². The SMILES string of the molecule is CC[C@H]1CCCCN1CCCCCCN. The lowest BCUT2D eigenvalue weighted by atomic mass is 9.99. The Hall–Kier alpha value is -0.0800. The van der Waals surface area contributed by atoms with Crippen molar-refractivity contribution in [2.24, 2.45) is 5.73 Å². The van der Waals surface area contributed by atoms with Gasteiger partial charge in [-0.05, 0) is 51.7 Å². The van der Waals surface area contributed by atoms with E-state index < -0.39 is 0 Å². The number of nitrogens with two attached hydrogens (primary N) is 1. The quantitative estimate of drug-likeness (QED) is 0.658. The van der Waals surface area contributed by atoms with E-state index in [4.69, 9.17) is 5.73 Å². The van der Waals surface area contributed by atoms with Crippen LogP contribution in [0.2, 0.25) is 0 Å². The monoisotopic (exact) mass is 212 g/mol. The second-order valence-corrected chi connectivity index (χ2v) is 4.80. The summed E-state index contributed by atoms with van der Waals surface area (Å²) in [6, 6.07) is 0.883. The van der Waals surface area contributed by atoms with Crippen LogP contribution in [-0.4, -0.2) is 30.6 Å². The van der Waals surface area contributed by atoms with Gasteiger partial charge in [-0.1, -0.05) is 26.2 Å². The predicted octanol–water partition coefficient (Wildman–Crippen LogP) is 2.77. The van der Waals surface area contributed by atoms with Gasteiger partial charge < -0.3 is 10.6 Å². The molecule has 0 amide bonds. The zero-order valence-corrected chi connectivity index (χ0v) is 10.4. The first-order chi connectivity index (χ1) is 7.38. The van der Waals surface area contributed by atoms with E-state index in [9.17, 15) is 0 Å². The highest BCUT2D eigenvalue weighted by atomic mass is 15.2. The van der Waals surface area contributed by atoms with E-state index in [2.05, 4.69) is 11.8 Å². The summed E-state index contributed by atoms with van der Waals surface area (Å²) in [7, 11) is 0. The molecule has 0 saturated carbocycles. The van der Waals surface area contributed by atoms with Crippen molar-refractivity contribution in [3.63, 3.8) is 0 Å². The van der Waals surface area contributed by atoms with Gasteiger partial charge in [0, 0.05) is 6.04 Å². The van der Waals surface area contributed by atoms with Crippen LogP contribution in [0.4, 0.5) is 0 Å². The maximum Gasteiger partial charge on any atom is 0.00926 e. The molecule has 15 heavy (non-hydrogen) atoms. The summed E-state index contributed by atoms with van der Waals surface area (Å²) < 4.78 is 0. The molecule has 0 aromatic carbocycles.